The number of fused-ring (bicyclic) bond motifs is 1. The average Bonchev–Trinajstić information content (AvgIpc) is 2.86. The van der Waals surface area contributed by atoms with Crippen molar-refractivity contribution in [2.75, 3.05) is 17.2 Å². The second-order valence-corrected chi connectivity index (χ2v) is 5.45. The summed E-state index contributed by atoms with van der Waals surface area (Å²) in [6, 6.07) is 11.9. The van der Waals surface area contributed by atoms with E-state index in [4.69, 9.17) is 23.2 Å². The van der Waals surface area contributed by atoms with Crippen LogP contribution in [0.25, 0.3) is 0 Å². The van der Waals surface area contributed by atoms with Crippen LogP contribution in [0.2, 0.25) is 10.0 Å². The van der Waals surface area contributed by atoms with E-state index < -0.39 is 0 Å². The van der Waals surface area contributed by atoms with Crippen LogP contribution in [0.3, 0.4) is 0 Å². The van der Waals surface area contributed by atoms with Crippen LogP contribution in [0.15, 0.2) is 36.4 Å². The lowest BCUT2D eigenvalue weighted by atomic mass is 10.1. The molecule has 2 aromatic carbocycles. The smallest absolute Gasteiger partial charge is 0.0652 e. The van der Waals surface area contributed by atoms with Crippen LogP contribution < -0.4 is 10.6 Å². The van der Waals surface area contributed by atoms with Gasteiger partial charge >= 0.3 is 0 Å². The molecule has 0 radical (unpaired) electrons. The molecule has 98 valence electrons. The van der Waals surface area contributed by atoms with Crippen LogP contribution in [-0.4, -0.2) is 6.54 Å². The molecule has 0 saturated carbocycles. The summed E-state index contributed by atoms with van der Waals surface area (Å²) < 4.78 is 0. The first-order chi connectivity index (χ1) is 9.24. The van der Waals surface area contributed by atoms with E-state index in [0.29, 0.717) is 10.0 Å². The van der Waals surface area contributed by atoms with Gasteiger partial charge in [0.05, 0.1) is 10.7 Å². The molecule has 0 amide bonds. The van der Waals surface area contributed by atoms with Gasteiger partial charge < -0.3 is 10.6 Å². The Bertz CT molecular complexity index is 611. The first-order valence-electron chi connectivity index (χ1n) is 6.27. The third kappa shape index (κ3) is 2.65. The Labute approximate surface area is 122 Å². The average molecular weight is 293 g/mol. The lowest BCUT2D eigenvalue weighted by Crippen LogP contribution is -2.03. The molecule has 2 aromatic rings. The van der Waals surface area contributed by atoms with Gasteiger partial charge in [-0.25, -0.2) is 0 Å². The van der Waals surface area contributed by atoms with Crippen molar-refractivity contribution in [3.05, 3.63) is 57.6 Å². The first kappa shape index (κ1) is 12.6. The van der Waals surface area contributed by atoms with Crippen molar-refractivity contribution in [3.63, 3.8) is 0 Å². The van der Waals surface area contributed by atoms with Gasteiger partial charge in [-0.2, -0.15) is 0 Å². The predicted molar refractivity (Wildman–Crippen MR) is 82.4 cm³/mol. The van der Waals surface area contributed by atoms with Gasteiger partial charge in [-0.05, 0) is 35.7 Å². The molecular formula is C15H14Cl2N2. The maximum Gasteiger partial charge on any atom is 0.0652 e. The number of nitrogens with one attached hydrogen (secondary N) is 2. The standard InChI is InChI=1S/C15H14Cl2N2/c16-12-4-5-14(13(17)8-12)19-9-11-3-1-2-10-6-7-18-15(10)11/h1-5,8,18-19H,6-7,9H2. The summed E-state index contributed by atoms with van der Waals surface area (Å²) in [5.74, 6) is 0. The van der Waals surface area contributed by atoms with E-state index in [0.717, 1.165) is 25.2 Å². The minimum Gasteiger partial charge on any atom is -0.384 e. The first-order valence-corrected chi connectivity index (χ1v) is 7.03. The van der Waals surface area contributed by atoms with Crippen LogP contribution in [0.4, 0.5) is 11.4 Å². The molecule has 0 unspecified atom stereocenters. The fourth-order valence-electron chi connectivity index (χ4n) is 2.38. The molecule has 0 aromatic heterocycles. The summed E-state index contributed by atoms with van der Waals surface area (Å²) >= 11 is 12.0. The highest BCUT2D eigenvalue weighted by Crippen LogP contribution is 2.29. The highest BCUT2D eigenvalue weighted by Gasteiger charge is 2.13. The van der Waals surface area contributed by atoms with E-state index in [1.54, 1.807) is 6.07 Å². The zero-order valence-corrected chi connectivity index (χ0v) is 11.9. The summed E-state index contributed by atoms with van der Waals surface area (Å²) in [5, 5.41) is 8.09. The van der Waals surface area contributed by atoms with Crippen LogP contribution >= 0.6 is 23.2 Å². The van der Waals surface area contributed by atoms with Gasteiger partial charge in [0.2, 0.25) is 0 Å². The minimum absolute atomic E-state index is 0.646. The number of benzene rings is 2. The van der Waals surface area contributed by atoms with Crippen molar-refractivity contribution in [1.82, 2.24) is 0 Å². The number of halogens is 2. The third-order valence-corrected chi connectivity index (χ3v) is 3.88. The second kappa shape index (κ2) is 5.32. The van der Waals surface area contributed by atoms with Crippen molar-refractivity contribution in [2.45, 2.75) is 13.0 Å². The molecule has 19 heavy (non-hydrogen) atoms. The van der Waals surface area contributed by atoms with Gasteiger partial charge in [-0.3, -0.25) is 0 Å². The zero-order chi connectivity index (χ0) is 13.2. The highest BCUT2D eigenvalue weighted by atomic mass is 35.5. The van der Waals surface area contributed by atoms with Gasteiger partial charge in [-0.15, -0.1) is 0 Å². The summed E-state index contributed by atoms with van der Waals surface area (Å²) in [6.45, 7) is 1.77. The molecule has 1 heterocycles. The lowest BCUT2D eigenvalue weighted by molar-refractivity contribution is 1.11. The minimum atomic E-state index is 0.646. The van der Waals surface area contributed by atoms with Gasteiger partial charge in [0.15, 0.2) is 0 Å². The lowest BCUT2D eigenvalue weighted by Gasteiger charge is -2.12. The van der Waals surface area contributed by atoms with Crippen molar-refractivity contribution in [2.24, 2.45) is 0 Å². The predicted octanol–water partition coefficient (Wildman–Crippen LogP) is 4.57. The number of para-hydroxylation sites is 1. The number of anilines is 2. The van der Waals surface area contributed by atoms with Crippen LogP contribution in [0.5, 0.6) is 0 Å². The third-order valence-electron chi connectivity index (χ3n) is 3.33. The molecule has 2 nitrogen and oxygen atoms in total. The van der Waals surface area contributed by atoms with Crippen molar-refractivity contribution >= 4 is 34.6 Å². The number of hydrogen-bond donors (Lipinski definition) is 2. The number of rotatable bonds is 3. The van der Waals surface area contributed by atoms with Crippen molar-refractivity contribution in [3.8, 4) is 0 Å². The van der Waals surface area contributed by atoms with Gasteiger partial charge in [0.25, 0.3) is 0 Å². The molecule has 0 aliphatic carbocycles. The van der Waals surface area contributed by atoms with Crippen LogP contribution in [0.1, 0.15) is 11.1 Å². The second-order valence-electron chi connectivity index (χ2n) is 4.61. The van der Waals surface area contributed by atoms with Crippen LogP contribution in [-0.2, 0) is 13.0 Å². The molecule has 0 fully saturated rings. The molecule has 0 bridgehead atoms. The highest BCUT2D eigenvalue weighted by molar-refractivity contribution is 6.36. The molecule has 0 atom stereocenters. The molecule has 3 rings (SSSR count). The van der Waals surface area contributed by atoms with E-state index >= 15 is 0 Å². The van der Waals surface area contributed by atoms with E-state index in [-0.39, 0.29) is 0 Å². The molecular weight excluding hydrogens is 279 g/mol. The van der Waals surface area contributed by atoms with Crippen LogP contribution in [0, 0.1) is 0 Å². The monoisotopic (exact) mass is 292 g/mol. The summed E-state index contributed by atoms with van der Waals surface area (Å²) in [4.78, 5) is 0. The fourth-order valence-corrected chi connectivity index (χ4v) is 2.86. The molecule has 1 aliphatic heterocycles. The normalized spacial score (nSPS) is 12.9. The Balaban J connectivity index is 1.78. The van der Waals surface area contributed by atoms with Gasteiger partial charge in [-0.1, -0.05) is 41.4 Å². The van der Waals surface area contributed by atoms with E-state index in [9.17, 15) is 0 Å². The summed E-state index contributed by atoms with van der Waals surface area (Å²) in [6.07, 6.45) is 1.10. The molecule has 0 saturated heterocycles. The Morgan fingerprint density at radius 3 is 2.89 bits per heavy atom. The maximum absolute atomic E-state index is 6.15. The molecule has 0 spiro atoms. The fraction of sp³-hybridized carbons (Fsp3) is 0.200. The van der Waals surface area contributed by atoms with Crippen molar-refractivity contribution < 1.29 is 0 Å². The maximum atomic E-state index is 6.15. The van der Waals surface area contributed by atoms with E-state index in [1.165, 1.54) is 16.8 Å². The largest absolute Gasteiger partial charge is 0.384 e. The Morgan fingerprint density at radius 2 is 2.05 bits per heavy atom. The summed E-state index contributed by atoms with van der Waals surface area (Å²) in [7, 11) is 0. The Hall–Kier alpha value is -1.38. The molecule has 4 heteroatoms. The zero-order valence-electron chi connectivity index (χ0n) is 10.3. The van der Waals surface area contributed by atoms with Gasteiger partial charge in [0.1, 0.15) is 0 Å². The SMILES string of the molecule is Clc1ccc(NCc2cccc3c2NCC3)c(Cl)c1. The Kier molecular flexibility index (Phi) is 3.54. The quantitative estimate of drug-likeness (QED) is 0.866. The Morgan fingerprint density at radius 1 is 1.16 bits per heavy atom. The van der Waals surface area contributed by atoms with E-state index in [2.05, 4.69) is 28.8 Å². The number of hydrogen-bond acceptors (Lipinski definition) is 2. The van der Waals surface area contributed by atoms with E-state index in [1.807, 2.05) is 12.1 Å². The summed E-state index contributed by atoms with van der Waals surface area (Å²) in [5.41, 5.74) is 4.82. The topological polar surface area (TPSA) is 24.1 Å². The van der Waals surface area contributed by atoms with Crippen molar-refractivity contribution in [1.29, 1.82) is 0 Å². The van der Waals surface area contributed by atoms with Gasteiger partial charge in [0, 0.05) is 23.8 Å². The molecule has 2 N–H and O–H groups in total. The molecule has 1 aliphatic rings.